The molecule has 0 aliphatic heterocycles. The third-order valence-corrected chi connectivity index (χ3v) is 2.48. The fraction of sp³-hybridized carbons (Fsp3) is 0.417. The number of aliphatic hydroxyl groups is 1. The van der Waals surface area contributed by atoms with Crippen LogP contribution in [0.2, 0.25) is 0 Å². The van der Waals surface area contributed by atoms with Crippen LogP contribution in [0, 0.1) is 11.6 Å². The lowest BCUT2D eigenvalue weighted by atomic mass is 10.1. The number of carbonyl (C=O) groups excluding carboxylic acids is 1. The number of carbonyl (C=O) groups is 1. The first kappa shape index (κ1) is 14.5. The number of nitrogens with one attached hydrogen (secondary N) is 1. The predicted molar refractivity (Wildman–Crippen MR) is 60.7 cm³/mol. The molecule has 0 aliphatic rings. The summed E-state index contributed by atoms with van der Waals surface area (Å²) in [5.74, 6) is -2.60. The van der Waals surface area contributed by atoms with E-state index in [1.165, 1.54) is 26.2 Å². The van der Waals surface area contributed by atoms with Gasteiger partial charge in [-0.2, -0.15) is 0 Å². The second kappa shape index (κ2) is 6.42. The Morgan fingerprint density at radius 3 is 2.72 bits per heavy atom. The molecule has 0 saturated carbocycles. The lowest BCUT2D eigenvalue weighted by molar-refractivity contribution is -0.145. The molecular weight excluding hydrogens is 244 g/mol. The van der Waals surface area contributed by atoms with Gasteiger partial charge in [0, 0.05) is 12.1 Å². The van der Waals surface area contributed by atoms with Gasteiger partial charge in [0.25, 0.3) is 0 Å². The maximum atomic E-state index is 13.3. The first-order chi connectivity index (χ1) is 8.47. The van der Waals surface area contributed by atoms with E-state index in [0.29, 0.717) is 0 Å². The molecule has 100 valence electrons. The van der Waals surface area contributed by atoms with E-state index in [0.717, 1.165) is 6.07 Å². The number of benzene rings is 1. The normalized spacial score (nSPS) is 14.1. The molecule has 6 heteroatoms. The van der Waals surface area contributed by atoms with Crippen LogP contribution in [0.25, 0.3) is 0 Å². The zero-order valence-corrected chi connectivity index (χ0v) is 10.1. The minimum absolute atomic E-state index is 0.0737. The molecule has 4 nitrogen and oxygen atoms in total. The minimum atomic E-state index is -1.01. The summed E-state index contributed by atoms with van der Waals surface area (Å²) in [5.41, 5.74) is 0.0737. The van der Waals surface area contributed by atoms with E-state index in [-0.39, 0.29) is 12.1 Å². The van der Waals surface area contributed by atoms with E-state index >= 15 is 0 Å². The van der Waals surface area contributed by atoms with E-state index in [9.17, 15) is 18.7 Å². The van der Waals surface area contributed by atoms with Crippen molar-refractivity contribution in [3.63, 3.8) is 0 Å². The summed E-state index contributed by atoms with van der Waals surface area (Å²) in [4.78, 5) is 11.3. The minimum Gasteiger partial charge on any atom is -0.468 e. The fourth-order valence-electron chi connectivity index (χ4n) is 1.48. The highest BCUT2D eigenvalue weighted by molar-refractivity contribution is 5.76. The number of hydrogen-bond donors (Lipinski definition) is 2. The van der Waals surface area contributed by atoms with Crippen molar-refractivity contribution in [1.82, 2.24) is 5.32 Å². The summed E-state index contributed by atoms with van der Waals surface area (Å²) in [5, 5.41) is 12.0. The van der Waals surface area contributed by atoms with Crippen molar-refractivity contribution in [2.75, 3.05) is 7.11 Å². The Labute approximate surface area is 104 Å². The molecule has 0 saturated heterocycles. The van der Waals surface area contributed by atoms with Crippen LogP contribution in [0.15, 0.2) is 18.2 Å². The van der Waals surface area contributed by atoms with Crippen LogP contribution in [0.1, 0.15) is 12.5 Å². The van der Waals surface area contributed by atoms with Crippen molar-refractivity contribution >= 4 is 5.97 Å². The molecule has 0 heterocycles. The molecule has 18 heavy (non-hydrogen) atoms. The van der Waals surface area contributed by atoms with Crippen LogP contribution in [-0.2, 0) is 16.1 Å². The third-order valence-electron chi connectivity index (χ3n) is 2.48. The molecule has 0 aliphatic carbocycles. The first-order valence-corrected chi connectivity index (χ1v) is 5.39. The quantitative estimate of drug-likeness (QED) is 0.774. The van der Waals surface area contributed by atoms with Gasteiger partial charge in [-0.05, 0) is 13.0 Å². The largest absolute Gasteiger partial charge is 0.468 e. The summed E-state index contributed by atoms with van der Waals surface area (Å²) >= 11 is 0. The molecule has 1 rings (SSSR count). The molecule has 0 aromatic heterocycles. The summed E-state index contributed by atoms with van der Waals surface area (Å²) < 4.78 is 30.8. The molecule has 2 N–H and O–H groups in total. The summed E-state index contributed by atoms with van der Waals surface area (Å²) in [6, 6.07) is 2.77. The van der Waals surface area contributed by atoms with Gasteiger partial charge in [0.1, 0.15) is 6.04 Å². The van der Waals surface area contributed by atoms with Crippen molar-refractivity contribution in [2.24, 2.45) is 0 Å². The van der Waals surface area contributed by atoms with E-state index in [1.54, 1.807) is 0 Å². The van der Waals surface area contributed by atoms with Gasteiger partial charge in [0.15, 0.2) is 11.6 Å². The summed E-state index contributed by atoms with van der Waals surface area (Å²) in [6.45, 7) is 1.31. The number of hydrogen-bond acceptors (Lipinski definition) is 4. The van der Waals surface area contributed by atoms with Gasteiger partial charge in [-0.3, -0.25) is 10.1 Å². The van der Waals surface area contributed by atoms with E-state index < -0.39 is 29.7 Å². The van der Waals surface area contributed by atoms with Gasteiger partial charge in [-0.25, -0.2) is 8.78 Å². The lowest BCUT2D eigenvalue weighted by Crippen LogP contribution is -2.45. The smallest absolute Gasteiger partial charge is 0.325 e. The number of halogens is 2. The maximum absolute atomic E-state index is 13.3. The zero-order chi connectivity index (χ0) is 13.7. The molecule has 0 radical (unpaired) electrons. The lowest BCUT2D eigenvalue weighted by Gasteiger charge is -2.19. The van der Waals surface area contributed by atoms with E-state index in [4.69, 9.17) is 0 Å². The molecule has 2 atom stereocenters. The van der Waals surface area contributed by atoms with Crippen LogP contribution in [0.5, 0.6) is 0 Å². The van der Waals surface area contributed by atoms with Gasteiger partial charge >= 0.3 is 5.97 Å². The average molecular weight is 259 g/mol. The van der Waals surface area contributed by atoms with Gasteiger partial charge in [-0.15, -0.1) is 0 Å². The first-order valence-electron chi connectivity index (χ1n) is 5.39. The Hall–Kier alpha value is -1.53. The highest BCUT2D eigenvalue weighted by atomic mass is 19.2. The van der Waals surface area contributed by atoms with Crippen LogP contribution < -0.4 is 5.32 Å². The zero-order valence-electron chi connectivity index (χ0n) is 10.1. The molecule has 0 spiro atoms. The topological polar surface area (TPSA) is 58.6 Å². The van der Waals surface area contributed by atoms with Crippen molar-refractivity contribution in [3.8, 4) is 0 Å². The van der Waals surface area contributed by atoms with Gasteiger partial charge in [-0.1, -0.05) is 12.1 Å². The Balaban J connectivity index is 2.73. The van der Waals surface area contributed by atoms with E-state index in [2.05, 4.69) is 10.1 Å². The van der Waals surface area contributed by atoms with Gasteiger partial charge in [0.05, 0.1) is 13.2 Å². The summed E-state index contributed by atoms with van der Waals surface area (Å²) in [6.07, 6.45) is -1.01. The second-order valence-electron chi connectivity index (χ2n) is 3.84. The van der Waals surface area contributed by atoms with Crippen LogP contribution >= 0.6 is 0 Å². The highest BCUT2D eigenvalue weighted by Crippen LogP contribution is 2.11. The third kappa shape index (κ3) is 3.48. The average Bonchev–Trinajstić information content (AvgIpc) is 2.33. The van der Waals surface area contributed by atoms with Gasteiger partial charge < -0.3 is 9.84 Å². The Bertz CT molecular complexity index is 424. The second-order valence-corrected chi connectivity index (χ2v) is 3.84. The molecule has 0 bridgehead atoms. The number of ether oxygens (including phenoxy) is 1. The molecule has 0 fully saturated rings. The number of methoxy groups -OCH3 is 1. The summed E-state index contributed by atoms with van der Waals surface area (Å²) in [7, 11) is 1.18. The van der Waals surface area contributed by atoms with Gasteiger partial charge in [0.2, 0.25) is 0 Å². The number of aliphatic hydroxyl groups excluding tert-OH is 1. The predicted octanol–water partition coefficient (Wildman–Crippen LogP) is 0.977. The standard InChI is InChI=1S/C12H15F2NO3/c1-7(16)11(12(17)18-2)15-6-8-4-3-5-9(13)10(8)14/h3-5,7,11,15-16H,6H2,1-2H3. The van der Waals surface area contributed by atoms with Crippen molar-refractivity contribution in [3.05, 3.63) is 35.4 Å². The molecule has 0 amide bonds. The molecule has 2 unspecified atom stereocenters. The fourth-order valence-corrected chi connectivity index (χ4v) is 1.48. The molecule has 1 aromatic carbocycles. The Morgan fingerprint density at radius 1 is 1.50 bits per heavy atom. The SMILES string of the molecule is COC(=O)C(NCc1cccc(F)c1F)C(C)O. The Kier molecular flexibility index (Phi) is 5.18. The van der Waals surface area contributed by atoms with Crippen molar-refractivity contribution in [2.45, 2.75) is 25.6 Å². The van der Waals surface area contributed by atoms with Crippen LogP contribution in [-0.4, -0.2) is 30.3 Å². The highest BCUT2D eigenvalue weighted by Gasteiger charge is 2.24. The van der Waals surface area contributed by atoms with Crippen molar-refractivity contribution in [1.29, 1.82) is 0 Å². The number of esters is 1. The van der Waals surface area contributed by atoms with Crippen LogP contribution in [0.3, 0.4) is 0 Å². The van der Waals surface area contributed by atoms with Crippen LogP contribution in [0.4, 0.5) is 8.78 Å². The molecule has 1 aromatic rings. The Morgan fingerprint density at radius 2 is 2.17 bits per heavy atom. The maximum Gasteiger partial charge on any atom is 0.325 e. The monoisotopic (exact) mass is 259 g/mol. The van der Waals surface area contributed by atoms with Crippen molar-refractivity contribution < 1.29 is 23.4 Å². The molecular formula is C12H15F2NO3. The van der Waals surface area contributed by atoms with E-state index in [1.807, 2.05) is 0 Å². The number of rotatable bonds is 5.